The molecular formula is C18H31NO2. The number of hydrogen-bond donors (Lipinski definition) is 1. The van der Waals surface area contributed by atoms with E-state index in [0.717, 1.165) is 26.0 Å². The third kappa shape index (κ3) is 8.20. The molecule has 0 heterocycles. The lowest BCUT2D eigenvalue weighted by Crippen LogP contribution is -2.28. The average Bonchev–Trinajstić information content (AvgIpc) is 2.45. The van der Waals surface area contributed by atoms with Gasteiger partial charge >= 0.3 is 0 Å². The monoisotopic (exact) mass is 293 g/mol. The molecule has 120 valence electrons. The number of benzene rings is 1. The Morgan fingerprint density at radius 2 is 1.95 bits per heavy atom. The number of rotatable bonds is 11. The van der Waals surface area contributed by atoms with Crippen molar-refractivity contribution in [3.05, 3.63) is 35.4 Å². The number of ether oxygens (including phenoxy) is 2. The first-order valence-electron chi connectivity index (χ1n) is 8.00. The van der Waals surface area contributed by atoms with Crippen LogP contribution in [0.1, 0.15) is 43.7 Å². The van der Waals surface area contributed by atoms with Gasteiger partial charge in [-0.05, 0) is 31.2 Å². The van der Waals surface area contributed by atoms with Crippen molar-refractivity contribution >= 4 is 0 Å². The van der Waals surface area contributed by atoms with Crippen LogP contribution >= 0.6 is 0 Å². The summed E-state index contributed by atoms with van der Waals surface area (Å²) in [5.74, 6) is 0.554. The standard InChI is InChI=1S/C18H31NO2/c1-15(2)19-14-18(9-6-10-21-12-11-20-4)17-8-5-7-16(3)13-17/h5,7-8,13,15,18-19H,6,9-12,14H2,1-4H3. The summed E-state index contributed by atoms with van der Waals surface area (Å²) < 4.78 is 10.5. The molecule has 0 radical (unpaired) electrons. The lowest BCUT2D eigenvalue weighted by atomic mass is 9.93. The molecule has 0 fully saturated rings. The van der Waals surface area contributed by atoms with Gasteiger partial charge in [0.2, 0.25) is 0 Å². The summed E-state index contributed by atoms with van der Waals surface area (Å²) in [5, 5.41) is 3.56. The third-order valence-electron chi connectivity index (χ3n) is 3.56. The maximum atomic E-state index is 5.56. The highest BCUT2D eigenvalue weighted by Gasteiger charge is 2.12. The zero-order chi connectivity index (χ0) is 15.5. The summed E-state index contributed by atoms with van der Waals surface area (Å²) in [6.45, 7) is 9.76. The highest BCUT2D eigenvalue weighted by atomic mass is 16.5. The second kappa shape index (κ2) is 10.8. The molecule has 0 spiro atoms. The van der Waals surface area contributed by atoms with Gasteiger partial charge < -0.3 is 14.8 Å². The summed E-state index contributed by atoms with van der Waals surface area (Å²) in [6, 6.07) is 9.38. The zero-order valence-electron chi connectivity index (χ0n) is 14.0. The van der Waals surface area contributed by atoms with Gasteiger partial charge in [-0.25, -0.2) is 0 Å². The van der Waals surface area contributed by atoms with Crippen molar-refractivity contribution in [2.45, 2.75) is 45.6 Å². The van der Waals surface area contributed by atoms with E-state index in [9.17, 15) is 0 Å². The topological polar surface area (TPSA) is 30.5 Å². The first-order valence-corrected chi connectivity index (χ1v) is 8.00. The Balaban J connectivity index is 2.45. The molecule has 1 aromatic rings. The molecule has 1 unspecified atom stereocenters. The zero-order valence-corrected chi connectivity index (χ0v) is 14.0. The molecule has 1 atom stereocenters. The van der Waals surface area contributed by atoms with Crippen LogP contribution in [-0.2, 0) is 9.47 Å². The lowest BCUT2D eigenvalue weighted by Gasteiger charge is -2.20. The molecule has 0 aliphatic carbocycles. The van der Waals surface area contributed by atoms with Crippen molar-refractivity contribution in [2.24, 2.45) is 0 Å². The van der Waals surface area contributed by atoms with Crippen molar-refractivity contribution in [2.75, 3.05) is 33.5 Å². The largest absolute Gasteiger partial charge is 0.382 e. The molecule has 0 amide bonds. The van der Waals surface area contributed by atoms with Crippen LogP contribution < -0.4 is 5.32 Å². The van der Waals surface area contributed by atoms with E-state index in [0.29, 0.717) is 25.2 Å². The van der Waals surface area contributed by atoms with Crippen molar-refractivity contribution in [3.8, 4) is 0 Å². The Hall–Kier alpha value is -0.900. The smallest absolute Gasteiger partial charge is 0.0700 e. The van der Waals surface area contributed by atoms with Crippen LogP contribution in [0.5, 0.6) is 0 Å². The summed E-state index contributed by atoms with van der Waals surface area (Å²) >= 11 is 0. The molecule has 0 bridgehead atoms. The van der Waals surface area contributed by atoms with E-state index in [4.69, 9.17) is 9.47 Å². The second-order valence-corrected chi connectivity index (χ2v) is 5.92. The van der Waals surface area contributed by atoms with E-state index in [-0.39, 0.29) is 0 Å². The van der Waals surface area contributed by atoms with Gasteiger partial charge in [0.05, 0.1) is 13.2 Å². The molecule has 21 heavy (non-hydrogen) atoms. The Morgan fingerprint density at radius 3 is 2.62 bits per heavy atom. The Bertz CT molecular complexity index is 379. The molecule has 0 aliphatic heterocycles. The molecule has 3 nitrogen and oxygen atoms in total. The van der Waals surface area contributed by atoms with Crippen molar-refractivity contribution in [1.29, 1.82) is 0 Å². The molecule has 0 saturated heterocycles. The van der Waals surface area contributed by atoms with Crippen LogP contribution in [0.3, 0.4) is 0 Å². The number of methoxy groups -OCH3 is 1. The van der Waals surface area contributed by atoms with E-state index in [1.54, 1.807) is 7.11 Å². The maximum Gasteiger partial charge on any atom is 0.0700 e. The highest BCUT2D eigenvalue weighted by Crippen LogP contribution is 2.22. The quantitative estimate of drug-likeness (QED) is 0.633. The highest BCUT2D eigenvalue weighted by molar-refractivity contribution is 5.25. The van der Waals surface area contributed by atoms with E-state index in [1.807, 2.05) is 0 Å². The van der Waals surface area contributed by atoms with Gasteiger partial charge in [0.1, 0.15) is 0 Å². The van der Waals surface area contributed by atoms with E-state index < -0.39 is 0 Å². The lowest BCUT2D eigenvalue weighted by molar-refractivity contribution is 0.0681. The third-order valence-corrected chi connectivity index (χ3v) is 3.56. The molecule has 0 saturated carbocycles. The fourth-order valence-corrected chi connectivity index (χ4v) is 2.36. The van der Waals surface area contributed by atoms with E-state index in [2.05, 4.69) is 50.4 Å². The summed E-state index contributed by atoms with van der Waals surface area (Å²) in [5.41, 5.74) is 2.76. The Morgan fingerprint density at radius 1 is 1.14 bits per heavy atom. The van der Waals surface area contributed by atoms with Crippen molar-refractivity contribution in [1.82, 2.24) is 5.32 Å². The van der Waals surface area contributed by atoms with E-state index >= 15 is 0 Å². The van der Waals surface area contributed by atoms with Gasteiger partial charge in [0.25, 0.3) is 0 Å². The summed E-state index contributed by atoms with van der Waals surface area (Å²) in [7, 11) is 1.70. The normalized spacial score (nSPS) is 12.8. The molecule has 1 N–H and O–H groups in total. The van der Waals surface area contributed by atoms with Gasteiger partial charge in [-0.3, -0.25) is 0 Å². The predicted molar refractivity (Wildman–Crippen MR) is 89.0 cm³/mol. The fraction of sp³-hybridized carbons (Fsp3) is 0.667. The van der Waals surface area contributed by atoms with Gasteiger partial charge in [0.15, 0.2) is 0 Å². The molecule has 1 rings (SSSR count). The van der Waals surface area contributed by atoms with Crippen LogP contribution in [0.25, 0.3) is 0 Å². The minimum atomic E-state index is 0.523. The van der Waals surface area contributed by atoms with Crippen molar-refractivity contribution < 1.29 is 9.47 Å². The second-order valence-electron chi connectivity index (χ2n) is 5.92. The van der Waals surface area contributed by atoms with Crippen LogP contribution in [-0.4, -0.2) is 39.5 Å². The van der Waals surface area contributed by atoms with Crippen molar-refractivity contribution in [3.63, 3.8) is 0 Å². The Kier molecular flexibility index (Phi) is 9.31. The number of hydrogen-bond acceptors (Lipinski definition) is 3. The molecule has 1 aromatic carbocycles. The predicted octanol–water partition coefficient (Wildman–Crippen LogP) is 3.52. The SMILES string of the molecule is COCCOCCCC(CNC(C)C)c1cccc(C)c1. The summed E-state index contributed by atoms with van der Waals surface area (Å²) in [4.78, 5) is 0. The van der Waals surface area contributed by atoms with Crippen LogP contribution in [0.2, 0.25) is 0 Å². The maximum absolute atomic E-state index is 5.56. The fourth-order valence-electron chi connectivity index (χ4n) is 2.36. The number of aryl methyl sites for hydroxylation is 1. The van der Waals surface area contributed by atoms with Crippen LogP contribution in [0.4, 0.5) is 0 Å². The Labute approximate surface area is 130 Å². The van der Waals surface area contributed by atoms with Gasteiger partial charge in [-0.15, -0.1) is 0 Å². The molecular weight excluding hydrogens is 262 g/mol. The molecule has 0 aromatic heterocycles. The van der Waals surface area contributed by atoms with E-state index in [1.165, 1.54) is 11.1 Å². The molecule has 0 aliphatic rings. The summed E-state index contributed by atoms with van der Waals surface area (Å²) in [6.07, 6.45) is 2.23. The van der Waals surface area contributed by atoms with Crippen LogP contribution in [0, 0.1) is 6.92 Å². The molecule has 3 heteroatoms. The van der Waals surface area contributed by atoms with Gasteiger partial charge in [0, 0.05) is 26.3 Å². The number of nitrogens with one attached hydrogen (secondary N) is 1. The first-order chi connectivity index (χ1) is 10.1. The first kappa shape index (κ1) is 18.1. The minimum absolute atomic E-state index is 0.523. The van der Waals surface area contributed by atoms with Gasteiger partial charge in [-0.1, -0.05) is 43.7 Å². The minimum Gasteiger partial charge on any atom is -0.382 e. The van der Waals surface area contributed by atoms with Crippen LogP contribution in [0.15, 0.2) is 24.3 Å². The average molecular weight is 293 g/mol. The van der Waals surface area contributed by atoms with Gasteiger partial charge in [-0.2, -0.15) is 0 Å².